The van der Waals surface area contributed by atoms with Gasteiger partial charge in [-0.3, -0.25) is 4.79 Å². The number of benzene rings is 2. The van der Waals surface area contributed by atoms with Gasteiger partial charge in [0, 0.05) is 23.7 Å². The van der Waals surface area contributed by atoms with Crippen LogP contribution in [-0.2, 0) is 17.6 Å². The van der Waals surface area contributed by atoms with Crippen molar-refractivity contribution >= 4 is 23.4 Å². The molecule has 2 heterocycles. The topological polar surface area (TPSA) is 91.3 Å². The quantitative estimate of drug-likeness (QED) is 0.305. The molecule has 0 saturated carbocycles. The molecular weight excluding hydrogens is 420 g/mol. The van der Waals surface area contributed by atoms with Crippen LogP contribution in [0.1, 0.15) is 35.7 Å². The normalized spacial score (nSPS) is 10.9. The number of hydrogen-bond acceptors (Lipinski definition) is 5. The lowest BCUT2D eigenvalue weighted by molar-refractivity contribution is -0.133. The fourth-order valence-electron chi connectivity index (χ4n) is 3.73. The number of fused-ring (bicyclic) bond motifs is 1. The third-order valence-corrected chi connectivity index (χ3v) is 6.27. The van der Waals surface area contributed by atoms with Gasteiger partial charge in [-0.15, -0.1) is 0 Å². The Bertz CT molecular complexity index is 1310. The first-order chi connectivity index (χ1) is 15.6. The molecule has 2 aromatic carbocycles. The molecule has 0 fully saturated rings. The lowest BCUT2D eigenvalue weighted by atomic mass is 9.97. The average molecular weight is 443 g/mol. The Hall–Kier alpha value is -3.63. The van der Waals surface area contributed by atoms with Crippen LogP contribution in [-0.4, -0.2) is 31.4 Å². The molecule has 0 aliphatic heterocycles. The maximum atomic E-state index is 11.3. The molecule has 0 bridgehead atoms. The highest BCUT2D eigenvalue weighted by molar-refractivity contribution is 7.99. The average Bonchev–Trinajstić information content (AvgIpc) is 3.27. The molecule has 7 heteroatoms. The smallest absolute Gasteiger partial charge is 0.313 e. The number of rotatable bonds is 8. The first kappa shape index (κ1) is 21.6. The summed E-state index contributed by atoms with van der Waals surface area (Å²) < 4.78 is 1.74. The number of hydrogen-bond donors (Lipinski definition) is 1. The van der Waals surface area contributed by atoms with Crippen molar-refractivity contribution in [1.82, 2.24) is 14.6 Å². The highest BCUT2D eigenvalue weighted by Crippen LogP contribution is 2.30. The minimum absolute atomic E-state index is 0.0403. The van der Waals surface area contributed by atoms with E-state index in [4.69, 9.17) is 4.98 Å². The molecule has 0 aliphatic rings. The largest absolute Gasteiger partial charge is 0.481 e. The number of carboxylic acid groups (broad SMARTS) is 1. The second-order valence-electron chi connectivity index (χ2n) is 7.41. The molecular formula is C25H22N4O2S. The maximum Gasteiger partial charge on any atom is 0.313 e. The molecule has 0 amide bonds. The molecule has 0 saturated heterocycles. The van der Waals surface area contributed by atoms with Crippen molar-refractivity contribution < 1.29 is 9.90 Å². The molecule has 0 spiro atoms. The van der Waals surface area contributed by atoms with E-state index in [1.165, 1.54) is 11.8 Å². The standard InChI is InChI=1S/C25H22N4O2S/c1-2-5-22-21(25(32-16-24(30)31)29-23(28-22)12-13-27-29)14-17-8-10-18(11-9-17)20-7-4-3-6-19(20)15-26/h3-4,6-13H,2,5,14,16H2,1H3,(H,30,31). The van der Waals surface area contributed by atoms with Crippen molar-refractivity contribution in [3.8, 4) is 17.2 Å². The molecule has 1 N–H and O–H groups in total. The van der Waals surface area contributed by atoms with Crippen molar-refractivity contribution in [1.29, 1.82) is 5.26 Å². The monoisotopic (exact) mass is 442 g/mol. The minimum Gasteiger partial charge on any atom is -0.481 e. The van der Waals surface area contributed by atoms with Crippen molar-refractivity contribution in [3.05, 3.63) is 83.2 Å². The van der Waals surface area contributed by atoms with Gasteiger partial charge < -0.3 is 5.11 Å². The van der Waals surface area contributed by atoms with Crippen LogP contribution in [0.2, 0.25) is 0 Å². The Morgan fingerprint density at radius 1 is 1.16 bits per heavy atom. The third kappa shape index (κ3) is 4.51. The zero-order valence-electron chi connectivity index (χ0n) is 17.7. The van der Waals surface area contributed by atoms with Gasteiger partial charge in [0.1, 0.15) is 5.03 Å². The second-order valence-corrected chi connectivity index (χ2v) is 8.37. The lowest BCUT2D eigenvalue weighted by Crippen LogP contribution is -2.10. The SMILES string of the molecule is CCCc1nc2ccnn2c(SCC(=O)O)c1Cc1ccc(-c2ccccc2C#N)cc1. The summed E-state index contributed by atoms with van der Waals surface area (Å²) >= 11 is 1.28. The molecule has 2 aromatic heterocycles. The van der Waals surface area contributed by atoms with Crippen molar-refractivity contribution in [3.63, 3.8) is 0 Å². The molecule has 160 valence electrons. The zero-order valence-corrected chi connectivity index (χ0v) is 18.5. The fourth-order valence-corrected chi connectivity index (χ4v) is 4.62. The summed E-state index contributed by atoms with van der Waals surface area (Å²) in [5, 5.41) is 23.8. The van der Waals surface area contributed by atoms with Gasteiger partial charge in [-0.05, 0) is 29.2 Å². The summed E-state index contributed by atoms with van der Waals surface area (Å²) in [4.78, 5) is 16.1. The summed E-state index contributed by atoms with van der Waals surface area (Å²) in [5.74, 6) is -0.905. The van der Waals surface area contributed by atoms with Gasteiger partial charge in [0.05, 0.1) is 23.6 Å². The lowest BCUT2D eigenvalue weighted by Gasteiger charge is -2.15. The molecule has 0 atom stereocenters. The minimum atomic E-state index is -0.865. The van der Waals surface area contributed by atoms with Crippen molar-refractivity contribution in [2.75, 3.05) is 5.75 Å². The molecule has 0 unspecified atom stereocenters. The summed E-state index contributed by atoms with van der Waals surface area (Å²) in [6, 6.07) is 19.8. The fraction of sp³-hybridized carbons (Fsp3) is 0.200. The second kappa shape index (κ2) is 9.67. The number of thioether (sulfide) groups is 1. The van der Waals surface area contributed by atoms with Gasteiger partial charge in [0.2, 0.25) is 0 Å². The highest BCUT2D eigenvalue weighted by Gasteiger charge is 2.18. The van der Waals surface area contributed by atoms with Crippen LogP contribution in [0.15, 0.2) is 65.8 Å². The van der Waals surface area contributed by atoms with Crippen LogP contribution in [0.4, 0.5) is 0 Å². The Morgan fingerprint density at radius 3 is 2.66 bits per heavy atom. The van der Waals surface area contributed by atoms with E-state index in [2.05, 4.69) is 30.2 Å². The predicted molar refractivity (Wildman–Crippen MR) is 125 cm³/mol. The van der Waals surface area contributed by atoms with Gasteiger partial charge in [0.25, 0.3) is 0 Å². The van der Waals surface area contributed by atoms with Gasteiger partial charge in [-0.2, -0.15) is 10.4 Å². The Kier molecular flexibility index (Phi) is 6.52. The van der Waals surface area contributed by atoms with Crippen LogP contribution in [0.5, 0.6) is 0 Å². The van der Waals surface area contributed by atoms with Gasteiger partial charge in [-0.25, -0.2) is 9.50 Å². The van der Waals surface area contributed by atoms with Crippen LogP contribution in [0.25, 0.3) is 16.8 Å². The van der Waals surface area contributed by atoms with E-state index in [9.17, 15) is 15.2 Å². The third-order valence-electron chi connectivity index (χ3n) is 5.18. The molecule has 0 aliphatic carbocycles. The van der Waals surface area contributed by atoms with E-state index in [0.717, 1.165) is 51.5 Å². The summed E-state index contributed by atoms with van der Waals surface area (Å²) in [5.41, 5.74) is 6.35. The van der Waals surface area contributed by atoms with Crippen LogP contribution in [0, 0.1) is 11.3 Å². The Labute approximate surface area is 190 Å². The highest BCUT2D eigenvalue weighted by atomic mass is 32.2. The van der Waals surface area contributed by atoms with Crippen molar-refractivity contribution in [2.24, 2.45) is 0 Å². The van der Waals surface area contributed by atoms with Crippen LogP contribution < -0.4 is 0 Å². The molecule has 6 nitrogen and oxygen atoms in total. The molecule has 4 aromatic rings. The Balaban J connectivity index is 1.73. The number of aryl methyl sites for hydroxylation is 1. The van der Waals surface area contributed by atoms with Gasteiger partial charge in [-0.1, -0.05) is 67.6 Å². The van der Waals surface area contributed by atoms with Gasteiger partial charge in [0.15, 0.2) is 5.65 Å². The number of carbonyl (C=O) groups is 1. The van der Waals surface area contributed by atoms with E-state index in [-0.39, 0.29) is 5.75 Å². The number of aromatic nitrogens is 3. The van der Waals surface area contributed by atoms with Gasteiger partial charge >= 0.3 is 5.97 Å². The summed E-state index contributed by atoms with van der Waals surface area (Å²) in [7, 11) is 0. The zero-order chi connectivity index (χ0) is 22.5. The van der Waals surface area contributed by atoms with Crippen LogP contribution >= 0.6 is 11.8 Å². The Morgan fingerprint density at radius 2 is 1.94 bits per heavy atom. The van der Waals surface area contributed by atoms with Crippen LogP contribution in [0.3, 0.4) is 0 Å². The number of nitriles is 1. The van der Waals surface area contributed by atoms with E-state index in [1.54, 1.807) is 10.7 Å². The van der Waals surface area contributed by atoms with E-state index >= 15 is 0 Å². The molecule has 4 rings (SSSR count). The first-order valence-electron chi connectivity index (χ1n) is 10.4. The predicted octanol–water partition coefficient (Wildman–Crippen LogP) is 4.99. The maximum absolute atomic E-state index is 11.3. The number of carboxylic acids is 1. The number of nitrogens with zero attached hydrogens (tertiary/aromatic N) is 4. The summed E-state index contributed by atoms with van der Waals surface area (Å²) in [6.45, 7) is 2.11. The van der Waals surface area contributed by atoms with E-state index in [0.29, 0.717) is 12.0 Å². The first-order valence-corrected chi connectivity index (χ1v) is 11.4. The van der Waals surface area contributed by atoms with Crippen molar-refractivity contribution in [2.45, 2.75) is 31.2 Å². The van der Waals surface area contributed by atoms with E-state index in [1.807, 2.05) is 42.5 Å². The summed E-state index contributed by atoms with van der Waals surface area (Å²) in [6.07, 6.45) is 4.07. The molecule has 32 heavy (non-hydrogen) atoms. The number of aliphatic carboxylic acids is 1. The van der Waals surface area contributed by atoms with E-state index < -0.39 is 5.97 Å². The molecule has 0 radical (unpaired) electrons.